The maximum atomic E-state index is 9.35. The second-order valence-electron chi connectivity index (χ2n) is 7.05. The van der Waals surface area contributed by atoms with Gasteiger partial charge in [0, 0.05) is 44.3 Å². The molecule has 0 radical (unpaired) electrons. The number of rotatable bonds is 9. The Kier molecular flexibility index (Phi) is 9.39. The molecule has 3 heterocycles. The van der Waals surface area contributed by atoms with Gasteiger partial charge in [-0.15, -0.1) is 34.2 Å². The van der Waals surface area contributed by atoms with Crippen molar-refractivity contribution < 1.29 is 9.84 Å². The van der Waals surface area contributed by atoms with E-state index in [9.17, 15) is 5.11 Å². The molecule has 0 aromatic carbocycles. The molecule has 2 aromatic rings. The van der Waals surface area contributed by atoms with Gasteiger partial charge in [0.05, 0.1) is 13.2 Å². The molecule has 0 aliphatic carbocycles. The molecular weight excluding hydrogens is 471 g/mol. The molecular formula is C19H31IN6O2. The van der Waals surface area contributed by atoms with E-state index < -0.39 is 0 Å². The Morgan fingerprint density at radius 1 is 1.36 bits per heavy atom. The second-order valence-corrected chi connectivity index (χ2v) is 7.05. The number of nitrogens with zero attached hydrogens (tertiary/aromatic N) is 4. The molecule has 8 nitrogen and oxygen atoms in total. The van der Waals surface area contributed by atoms with E-state index in [-0.39, 0.29) is 36.0 Å². The van der Waals surface area contributed by atoms with Crippen molar-refractivity contribution >= 4 is 35.6 Å². The average Bonchev–Trinajstić information content (AvgIpc) is 3.31. The van der Waals surface area contributed by atoms with Crippen molar-refractivity contribution in [3.8, 4) is 0 Å². The lowest BCUT2D eigenvalue weighted by Gasteiger charge is -2.24. The van der Waals surface area contributed by atoms with Gasteiger partial charge in [0.2, 0.25) is 0 Å². The number of fused-ring (bicyclic) bond motifs is 1. The summed E-state index contributed by atoms with van der Waals surface area (Å²) in [6, 6.07) is 5.91. The van der Waals surface area contributed by atoms with Crippen LogP contribution in [-0.4, -0.2) is 65.1 Å². The number of aromatic nitrogens is 3. The number of hydrogen-bond donors (Lipinski definition) is 3. The lowest BCUT2D eigenvalue weighted by molar-refractivity contribution is 0.131. The lowest BCUT2D eigenvalue weighted by atomic mass is 9.84. The number of nitrogens with one attached hydrogen (secondary N) is 2. The minimum atomic E-state index is -0.0302. The Labute approximate surface area is 183 Å². The van der Waals surface area contributed by atoms with Crippen LogP contribution in [0.15, 0.2) is 29.4 Å². The second kappa shape index (κ2) is 11.5. The minimum absolute atomic E-state index is 0. The standard InChI is InChI=1S/C19H30N6O2.HI/c1-2-20-18(22-14-19(8-12-26)9-13-27-15-19)21-10-5-7-17-24-23-16-6-3-4-11-25(16)17;/h3-4,6,11,26H,2,5,7-10,12-15H2,1H3,(H2,20,21,22);1H. The fraction of sp³-hybridized carbons (Fsp3) is 0.632. The molecule has 2 aromatic heterocycles. The maximum absolute atomic E-state index is 9.35. The summed E-state index contributed by atoms with van der Waals surface area (Å²) >= 11 is 0. The summed E-state index contributed by atoms with van der Waals surface area (Å²) in [6.07, 6.45) is 5.46. The van der Waals surface area contributed by atoms with Crippen LogP contribution >= 0.6 is 24.0 Å². The van der Waals surface area contributed by atoms with Crippen LogP contribution in [0, 0.1) is 5.41 Å². The number of ether oxygens (including phenoxy) is 1. The Morgan fingerprint density at radius 2 is 2.25 bits per heavy atom. The number of aliphatic hydroxyl groups is 1. The van der Waals surface area contributed by atoms with E-state index in [4.69, 9.17) is 9.73 Å². The number of aliphatic imine (C=N–C) groups is 1. The Bertz CT molecular complexity index is 745. The summed E-state index contributed by atoms with van der Waals surface area (Å²) in [5, 5.41) is 24.5. The van der Waals surface area contributed by atoms with Gasteiger partial charge in [-0.3, -0.25) is 9.39 Å². The molecule has 1 aliphatic heterocycles. The van der Waals surface area contributed by atoms with Crippen LogP contribution < -0.4 is 10.6 Å². The van der Waals surface area contributed by atoms with E-state index >= 15 is 0 Å². The molecule has 1 fully saturated rings. The normalized spacial score (nSPS) is 19.6. The summed E-state index contributed by atoms with van der Waals surface area (Å²) in [6.45, 7) is 5.94. The van der Waals surface area contributed by atoms with Crippen LogP contribution in [0.5, 0.6) is 0 Å². The quantitative estimate of drug-likeness (QED) is 0.209. The number of hydrogen-bond acceptors (Lipinski definition) is 5. The highest BCUT2D eigenvalue weighted by Crippen LogP contribution is 2.32. The monoisotopic (exact) mass is 502 g/mol. The van der Waals surface area contributed by atoms with Crippen LogP contribution in [0.1, 0.15) is 32.0 Å². The van der Waals surface area contributed by atoms with E-state index in [1.165, 1.54) is 0 Å². The van der Waals surface area contributed by atoms with Gasteiger partial charge in [0.25, 0.3) is 0 Å². The summed E-state index contributed by atoms with van der Waals surface area (Å²) in [4.78, 5) is 4.74. The van der Waals surface area contributed by atoms with Gasteiger partial charge >= 0.3 is 0 Å². The molecule has 0 bridgehead atoms. The molecule has 3 N–H and O–H groups in total. The van der Waals surface area contributed by atoms with E-state index in [1.54, 1.807) is 0 Å². The van der Waals surface area contributed by atoms with Crippen molar-refractivity contribution in [3.63, 3.8) is 0 Å². The molecule has 1 atom stereocenters. The molecule has 3 rings (SSSR count). The van der Waals surface area contributed by atoms with E-state index in [0.717, 1.165) is 62.8 Å². The molecule has 28 heavy (non-hydrogen) atoms. The SMILES string of the molecule is CCNC(=NCC1(CCO)CCOC1)NCCCc1nnc2ccccn12.I. The van der Waals surface area contributed by atoms with Gasteiger partial charge in [0.1, 0.15) is 5.82 Å². The summed E-state index contributed by atoms with van der Waals surface area (Å²) in [5.74, 6) is 1.78. The average molecular weight is 502 g/mol. The van der Waals surface area contributed by atoms with Crippen molar-refractivity contribution in [1.29, 1.82) is 0 Å². The zero-order valence-electron chi connectivity index (χ0n) is 16.4. The van der Waals surface area contributed by atoms with Crippen molar-refractivity contribution in [1.82, 2.24) is 25.2 Å². The third-order valence-corrected chi connectivity index (χ3v) is 5.00. The number of aryl methyl sites for hydroxylation is 1. The fourth-order valence-electron chi connectivity index (χ4n) is 3.39. The maximum Gasteiger partial charge on any atom is 0.191 e. The predicted octanol–water partition coefficient (Wildman–Crippen LogP) is 1.62. The first-order chi connectivity index (χ1) is 13.3. The van der Waals surface area contributed by atoms with Crippen molar-refractivity contribution in [3.05, 3.63) is 30.2 Å². The van der Waals surface area contributed by atoms with E-state index in [0.29, 0.717) is 13.2 Å². The highest BCUT2D eigenvalue weighted by atomic mass is 127. The molecule has 9 heteroatoms. The molecule has 1 aliphatic rings. The lowest BCUT2D eigenvalue weighted by Crippen LogP contribution is -2.39. The van der Waals surface area contributed by atoms with Crippen LogP contribution in [0.25, 0.3) is 5.65 Å². The van der Waals surface area contributed by atoms with Crippen LogP contribution in [0.2, 0.25) is 0 Å². The largest absolute Gasteiger partial charge is 0.396 e. The number of halogens is 1. The van der Waals surface area contributed by atoms with Crippen molar-refractivity contribution in [2.45, 2.75) is 32.6 Å². The zero-order valence-corrected chi connectivity index (χ0v) is 18.8. The Morgan fingerprint density at radius 3 is 3.00 bits per heavy atom. The van der Waals surface area contributed by atoms with Crippen LogP contribution in [0.3, 0.4) is 0 Å². The summed E-state index contributed by atoms with van der Waals surface area (Å²) < 4.78 is 7.57. The fourth-order valence-corrected chi connectivity index (χ4v) is 3.39. The first kappa shape index (κ1) is 22.8. The molecule has 1 unspecified atom stereocenters. The molecule has 1 saturated heterocycles. The number of pyridine rings is 1. The first-order valence-electron chi connectivity index (χ1n) is 9.76. The van der Waals surface area contributed by atoms with Gasteiger partial charge < -0.3 is 20.5 Å². The molecule has 0 spiro atoms. The number of aliphatic hydroxyl groups excluding tert-OH is 1. The number of guanidine groups is 1. The van der Waals surface area contributed by atoms with Gasteiger partial charge in [-0.1, -0.05) is 6.07 Å². The van der Waals surface area contributed by atoms with Gasteiger partial charge in [-0.2, -0.15) is 0 Å². The summed E-state index contributed by atoms with van der Waals surface area (Å²) in [7, 11) is 0. The molecule has 0 saturated carbocycles. The highest BCUT2D eigenvalue weighted by molar-refractivity contribution is 14.0. The van der Waals surface area contributed by atoms with Crippen molar-refractivity contribution in [2.75, 3.05) is 39.5 Å². The van der Waals surface area contributed by atoms with Crippen LogP contribution in [0.4, 0.5) is 0 Å². The third-order valence-electron chi connectivity index (χ3n) is 5.00. The Hall–Kier alpha value is -1.46. The van der Waals surface area contributed by atoms with Crippen LogP contribution in [-0.2, 0) is 11.2 Å². The summed E-state index contributed by atoms with van der Waals surface area (Å²) in [5.41, 5.74) is 0.848. The van der Waals surface area contributed by atoms with Crippen molar-refractivity contribution in [2.24, 2.45) is 10.4 Å². The van der Waals surface area contributed by atoms with Gasteiger partial charge in [0.15, 0.2) is 11.6 Å². The zero-order chi connectivity index (χ0) is 19.0. The highest BCUT2D eigenvalue weighted by Gasteiger charge is 2.34. The third kappa shape index (κ3) is 6.02. The van der Waals surface area contributed by atoms with Gasteiger partial charge in [-0.25, -0.2) is 0 Å². The predicted molar refractivity (Wildman–Crippen MR) is 120 cm³/mol. The topological polar surface area (TPSA) is 96.1 Å². The first-order valence-corrected chi connectivity index (χ1v) is 9.76. The Balaban J connectivity index is 0.00000280. The molecule has 156 valence electrons. The molecule has 0 amide bonds. The van der Waals surface area contributed by atoms with E-state index in [2.05, 4.69) is 27.8 Å². The smallest absolute Gasteiger partial charge is 0.191 e. The van der Waals surface area contributed by atoms with Gasteiger partial charge in [-0.05, 0) is 38.3 Å². The van der Waals surface area contributed by atoms with E-state index in [1.807, 2.05) is 28.8 Å². The minimum Gasteiger partial charge on any atom is -0.396 e.